The maximum absolute atomic E-state index is 9.36. The molecule has 0 bridgehead atoms. The van der Waals surface area contributed by atoms with Gasteiger partial charge in [0.05, 0.1) is 24.4 Å². The Hall–Kier alpha value is -1.49. The smallest absolute Gasteiger partial charge is 0.144 e. The predicted molar refractivity (Wildman–Crippen MR) is 82.2 cm³/mol. The van der Waals surface area contributed by atoms with Gasteiger partial charge in [0, 0.05) is 28.4 Å². The summed E-state index contributed by atoms with van der Waals surface area (Å²) in [6.45, 7) is 1.88. The standard InChI is InChI=1S/C15H15Cl2NO3/c1-9-3-13(20-2)6-12(18-9)8-21-15-10(7-19)4-11(16)5-14(15)17/h3-6,19H,7-8H2,1-2H3. The molecule has 112 valence electrons. The van der Waals surface area contributed by atoms with Crippen molar-refractivity contribution in [3.8, 4) is 11.5 Å². The molecule has 2 rings (SSSR count). The molecule has 0 amide bonds. The maximum atomic E-state index is 9.36. The lowest BCUT2D eigenvalue weighted by Gasteiger charge is -2.13. The fraction of sp³-hybridized carbons (Fsp3) is 0.267. The minimum atomic E-state index is -0.208. The molecule has 1 N–H and O–H groups in total. The van der Waals surface area contributed by atoms with Crippen molar-refractivity contribution in [2.75, 3.05) is 7.11 Å². The summed E-state index contributed by atoms with van der Waals surface area (Å²) in [7, 11) is 1.60. The number of aromatic nitrogens is 1. The third-order valence-electron chi connectivity index (χ3n) is 2.84. The first kappa shape index (κ1) is 15.9. The quantitative estimate of drug-likeness (QED) is 0.908. The Kier molecular flexibility index (Phi) is 5.28. The molecule has 6 heteroatoms. The van der Waals surface area contributed by atoms with Gasteiger partial charge in [-0.25, -0.2) is 0 Å². The average Bonchev–Trinajstić information content (AvgIpc) is 2.44. The van der Waals surface area contributed by atoms with Crippen molar-refractivity contribution in [2.45, 2.75) is 20.1 Å². The number of rotatable bonds is 5. The number of nitrogens with zero attached hydrogens (tertiary/aromatic N) is 1. The van der Waals surface area contributed by atoms with Crippen molar-refractivity contribution in [1.29, 1.82) is 0 Å². The Bertz CT molecular complexity index is 647. The molecule has 0 fully saturated rings. The number of halogens is 2. The first-order chi connectivity index (χ1) is 10.0. The zero-order valence-electron chi connectivity index (χ0n) is 11.7. The Morgan fingerprint density at radius 1 is 1.19 bits per heavy atom. The number of hydrogen-bond donors (Lipinski definition) is 1. The average molecular weight is 328 g/mol. The molecule has 2 aromatic rings. The van der Waals surface area contributed by atoms with Gasteiger partial charge < -0.3 is 14.6 Å². The van der Waals surface area contributed by atoms with E-state index in [-0.39, 0.29) is 13.2 Å². The molecular weight excluding hydrogens is 313 g/mol. The molecule has 0 aliphatic carbocycles. The van der Waals surface area contributed by atoms with E-state index in [0.717, 1.165) is 5.69 Å². The fourth-order valence-corrected chi connectivity index (χ4v) is 2.52. The maximum Gasteiger partial charge on any atom is 0.144 e. The molecule has 4 nitrogen and oxygen atoms in total. The zero-order chi connectivity index (χ0) is 15.4. The van der Waals surface area contributed by atoms with Crippen LogP contribution in [0.25, 0.3) is 0 Å². The molecule has 0 spiro atoms. The number of aryl methyl sites for hydroxylation is 1. The van der Waals surface area contributed by atoms with Gasteiger partial charge in [0.2, 0.25) is 0 Å². The Labute approximate surface area is 133 Å². The largest absolute Gasteiger partial charge is 0.497 e. The van der Waals surface area contributed by atoms with Crippen LogP contribution >= 0.6 is 23.2 Å². The van der Waals surface area contributed by atoms with Gasteiger partial charge in [0.1, 0.15) is 18.1 Å². The molecule has 0 unspecified atom stereocenters. The van der Waals surface area contributed by atoms with E-state index >= 15 is 0 Å². The lowest BCUT2D eigenvalue weighted by Crippen LogP contribution is -2.03. The highest BCUT2D eigenvalue weighted by molar-refractivity contribution is 6.35. The van der Waals surface area contributed by atoms with E-state index in [4.69, 9.17) is 32.7 Å². The molecule has 0 saturated carbocycles. The first-order valence-electron chi connectivity index (χ1n) is 6.26. The Morgan fingerprint density at radius 3 is 2.62 bits per heavy atom. The molecule has 1 aromatic carbocycles. The molecule has 0 aliphatic heterocycles. The minimum Gasteiger partial charge on any atom is -0.497 e. The van der Waals surface area contributed by atoms with Gasteiger partial charge in [-0.1, -0.05) is 23.2 Å². The molecule has 0 radical (unpaired) electrons. The van der Waals surface area contributed by atoms with E-state index in [1.165, 1.54) is 0 Å². The van der Waals surface area contributed by atoms with Crippen LogP contribution in [0.5, 0.6) is 11.5 Å². The summed E-state index contributed by atoms with van der Waals surface area (Å²) in [6, 6.07) is 6.81. The predicted octanol–water partition coefficient (Wildman–Crippen LogP) is 3.78. The SMILES string of the molecule is COc1cc(C)nc(COc2c(Cl)cc(Cl)cc2CO)c1. The number of benzene rings is 1. The van der Waals surface area contributed by atoms with Crippen LogP contribution < -0.4 is 9.47 Å². The van der Waals surface area contributed by atoms with Crippen LogP contribution in [0.2, 0.25) is 10.0 Å². The van der Waals surface area contributed by atoms with E-state index in [2.05, 4.69) is 4.98 Å². The highest BCUT2D eigenvalue weighted by Crippen LogP contribution is 2.33. The van der Waals surface area contributed by atoms with E-state index < -0.39 is 0 Å². The minimum absolute atomic E-state index is 0.208. The van der Waals surface area contributed by atoms with Crippen molar-refractivity contribution < 1.29 is 14.6 Å². The molecule has 1 heterocycles. The summed E-state index contributed by atoms with van der Waals surface area (Å²) >= 11 is 12.0. The summed E-state index contributed by atoms with van der Waals surface area (Å²) in [4.78, 5) is 4.36. The van der Waals surface area contributed by atoms with Crippen LogP contribution in [0, 0.1) is 6.92 Å². The summed E-state index contributed by atoms with van der Waals surface area (Å²) in [5.74, 6) is 1.12. The summed E-state index contributed by atoms with van der Waals surface area (Å²) < 4.78 is 10.9. The Morgan fingerprint density at radius 2 is 1.95 bits per heavy atom. The van der Waals surface area contributed by atoms with Crippen LogP contribution in [0.1, 0.15) is 17.0 Å². The Balaban J connectivity index is 2.22. The van der Waals surface area contributed by atoms with Crippen LogP contribution in [-0.2, 0) is 13.2 Å². The van der Waals surface area contributed by atoms with Crippen molar-refractivity contribution in [2.24, 2.45) is 0 Å². The van der Waals surface area contributed by atoms with Crippen LogP contribution in [0.4, 0.5) is 0 Å². The summed E-state index contributed by atoms with van der Waals surface area (Å²) in [5.41, 5.74) is 2.08. The second-order valence-electron chi connectivity index (χ2n) is 4.46. The number of pyridine rings is 1. The van der Waals surface area contributed by atoms with E-state index in [1.807, 2.05) is 13.0 Å². The van der Waals surface area contributed by atoms with E-state index in [1.54, 1.807) is 25.3 Å². The highest BCUT2D eigenvalue weighted by atomic mass is 35.5. The number of ether oxygens (including phenoxy) is 2. The summed E-state index contributed by atoms with van der Waals surface area (Å²) in [5, 5.41) is 10.2. The van der Waals surface area contributed by atoms with Gasteiger partial charge in [-0.05, 0) is 19.1 Å². The molecular formula is C15H15Cl2NO3. The van der Waals surface area contributed by atoms with E-state index in [9.17, 15) is 5.11 Å². The zero-order valence-corrected chi connectivity index (χ0v) is 13.2. The second-order valence-corrected chi connectivity index (χ2v) is 5.31. The molecule has 21 heavy (non-hydrogen) atoms. The number of aliphatic hydroxyl groups is 1. The lowest BCUT2D eigenvalue weighted by molar-refractivity contribution is 0.257. The van der Waals surface area contributed by atoms with Gasteiger partial charge in [0.25, 0.3) is 0 Å². The fourth-order valence-electron chi connectivity index (χ4n) is 1.93. The van der Waals surface area contributed by atoms with Gasteiger partial charge in [0.15, 0.2) is 0 Å². The monoisotopic (exact) mass is 327 g/mol. The first-order valence-corrected chi connectivity index (χ1v) is 7.02. The van der Waals surface area contributed by atoms with Crippen LogP contribution in [0.15, 0.2) is 24.3 Å². The van der Waals surface area contributed by atoms with Gasteiger partial charge in [-0.3, -0.25) is 4.98 Å². The lowest BCUT2D eigenvalue weighted by atomic mass is 10.2. The van der Waals surface area contributed by atoms with Crippen LogP contribution in [0.3, 0.4) is 0 Å². The van der Waals surface area contributed by atoms with Gasteiger partial charge in [-0.15, -0.1) is 0 Å². The van der Waals surface area contributed by atoms with Crippen molar-refractivity contribution >= 4 is 23.2 Å². The van der Waals surface area contributed by atoms with Gasteiger partial charge >= 0.3 is 0 Å². The van der Waals surface area contributed by atoms with Gasteiger partial charge in [-0.2, -0.15) is 0 Å². The molecule has 1 aromatic heterocycles. The van der Waals surface area contributed by atoms with Crippen molar-refractivity contribution in [3.05, 3.63) is 51.3 Å². The highest BCUT2D eigenvalue weighted by Gasteiger charge is 2.11. The topological polar surface area (TPSA) is 51.6 Å². The van der Waals surface area contributed by atoms with Crippen LogP contribution in [-0.4, -0.2) is 17.2 Å². The number of hydrogen-bond acceptors (Lipinski definition) is 4. The number of aliphatic hydroxyl groups excluding tert-OH is 1. The normalized spacial score (nSPS) is 10.5. The molecule has 0 atom stereocenters. The number of methoxy groups -OCH3 is 1. The van der Waals surface area contributed by atoms with Crippen molar-refractivity contribution in [3.63, 3.8) is 0 Å². The third kappa shape index (κ3) is 4.00. The second kappa shape index (κ2) is 6.98. The van der Waals surface area contributed by atoms with E-state index in [0.29, 0.717) is 32.8 Å². The summed E-state index contributed by atoms with van der Waals surface area (Å²) in [6.07, 6.45) is 0. The molecule has 0 saturated heterocycles. The third-order valence-corrected chi connectivity index (χ3v) is 3.33. The molecule has 0 aliphatic rings. The van der Waals surface area contributed by atoms with Crippen molar-refractivity contribution in [1.82, 2.24) is 4.98 Å².